The molecule has 0 unspecified atom stereocenters. The van der Waals surface area contributed by atoms with E-state index in [0.29, 0.717) is 6.61 Å². The van der Waals surface area contributed by atoms with Gasteiger partial charge in [-0.05, 0) is 0 Å². The fourth-order valence-electron chi connectivity index (χ4n) is 0.457. The summed E-state index contributed by atoms with van der Waals surface area (Å²) in [5.74, 6) is 0. The van der Waals surface area contributed by atoms with E-state index in [1.54, 1.807) is 24.0 Å². The molecule has 0 spiro atoms. The number of thiazole rings is 1. The number of nitrogens with zero attached hydrogens (tertiary/aromatic N) is 1. The van der Waals surface area contributed by atoms with Crippen LogP contribution < -0.4 is 0 Å². The summed E-state index contributed by atoms with van der Waals surface area (Å²) in [6.45, 7) is 0.628. The Balaban J connectivity index is 2.50. The fourth-order valence-corrected chi connectivity index (χ4v) is 1.000. The van der Waals surface area contributed by atoms with Crippen LogP contribution in [0.25, 0.3) is 0 Å². The van der Waals surface area contributed by atoms with Crippen molar-refractivity contribution in [2.24, 2.45) is 0 Å². The van der Waals surface area contributed by atoms with Crippen molar-refractivity contribution in [2.75, 3.05) is 7.11 Å². The smallest absolute Gasteiger partial charge is 0.0892 e. The molecule has 1 aromatic rings. The van der Waals surface area contributed by atoms with E-state index in [0.717, 1.165) is 5.69 Å². The third-order valence-corrected chi connectivity index (χ3v) is 1.41. The van der Waals surface area contributed by atoms with Gasteiger partial charge in [0.2, 0.25) is 0 Å². The van der Waals surface area contributed by atoms with Gasteiger partial charge in [0.05, 0.1) is 17.8 Å². The first-order valence-electron chi connectivity index (χ1n) is 2.29. The molecule has 0 aliphatic heterocycles. The van der Waals surface area contributed by atoms with Crippen LogP contribution in [0.1, 0.15) is 5.69 Å². The maximum absolute atomic E-state index is 4.83. The highest BCUT2D eigenvalue weighted by molar-refractivity contribution is 7.07. The van der Waals surface area contributed by atoms with Gasteiger partial charge in [-0.1, -0.05) is 0 Å². The van der Waals surface area contributed by atoms with Gasteiger partial charge in [-0.15, -0.1) is 11.3 Å². The van der Waals surface area contributed by atoms with Gasteiger partial charge in [0.15, 0.2) is 0 Å². The maximum Gasteiger partial charge on any atom is 0.0892 e. The number of rotatable bonds is 2. The predicted octanol–water partition coefficient (Wildman–Crippen LogP) is 1.29. The Labute approximate surface area is 52.1 Å². The van der Waals surface area contributed by atoms with Gasteiger partial charge in [0, 0.05) is 12.5 Å². The van der Waals surface area contributed by atoms with Gasteiger partial charge in [-0.25, -0.2) is 4.98 Å². The number of hydrogen-bond acceptors (Lipinski definition) is 3. The topological polar surface area (TPSA) is 22.1 Å². The van der Waals surface area contributed by atoms with Gasteiger partial charge < -0.3 is 4.74 Å². The lowest BCUT2D eigenvalue weighted by Crippen LogP contribution is -1.84. The SMILES string of the molecule is COCc1cscn1. The highest BCUT2D eigenvalue weighted by atomic mass is 32.1. The van der Waals surface area contributed by atoms with Crippen molar-refractivity contribution in [1.82, 2.24) is 4.98 Å². The van der Waals surface area contributed by atoms with Crippen LogP contribution in [0.15, 0.2) is 10.9 Å². The summed E-state index contributed by atoms with van der Waals surface area (Å²) in [5.41, 5.74) is 2.81. The molecule has 0 aromatic carbocycles. The zero-order chi connectivity index (χ0) is 5.82. The molecule has 1 aromatic heterocycles. The minimum atomic E-state index is 0.628. The van der Waals surface area contributed by atoms with Crippen molar-refractivity contribution in [2.45, 2.75) is 6.61 Å². The van der Waals surface area contributed by atoms with Crippen molar-refractivity contribution >= 4 is 11.3 Å². The Morgan fingerprint density at radius 1 is 1.88 bits per heavy atom. The first-order valence-corrected chi connectivity index (χ1v) is 3.24. The zero-order valence-electron chi connectivity index (χ0n) is 4.63. The monoisotopic (exact) mass is 129 g/mol. The third-order valence-electron chi connectivity index (χ3n) is 0.776. The van der Waals surface area contributed by atoms with E-state index in [2.05, 4.69) is 4.98 Å². The quantitative estimate of drug-likeness (QED) is 0.600. The summed E-state index contributed by atoms with van der Waals surface area (Å²) in [5, 5.41) is 1.98. The molecule has 3 heteroatoms. The Kier molecular flexibility index (Phi) is 2.00. The highest BCUT2D eigenvalue weighted by Crippen LogP contribution is 2.00. The maximum atomic E-state index is 4.83. The van der Waals surface area contributed by atoms with E-state index in [4.69, 9.17) is 4.74 Å². The summed E-state index contributed by atoms with van der Waals surface area (Å²) in [6.07, 6.45) is 0. The van der Waals surface area contributed by atoms with Crippen LogP contribution in [0.4, 0.5) is 0 Å². The summed E-state index contributed by atoms with van der Waals surface area (Å²) in [7, 11) is 1.67. The second kappa shape index (κ2) is 2.79. The average Bonchev–Trinajstić information content (AvgIpc) is 2.19. The van der Waals surface area contributed by atoms with Crippen LogP contribution in [0.5, 0.6) is 0 Å². The van der Waals surface area contributed by atoms with Crippen molar-refractivity contribution in [3.63, 3.8) is 0 Å². The summed E-state index contributed by atoms with van der Waals surface area (Å²) in [4.78, 5) is 4.00. The number of aromatic nitrogens is 1. The molecule has 2 nitrogen and oxygen atoms in total. The van der Waals surface area contributed by atoms with Crippen LogP contribution in [0, 0.1) is 0 Å². The summed E-state index contributed by atoms with van der Waals surface area (Å²) in [6, 6.07) is 0. The van der Waals surface area contributed by atoms with Gasteiger partial charge in [0.25, 0.3) is 0 Å². The van der Waals surface area contributed by atoms with Crippen LogP contribution in [-0.4, -0.2) is 12.1 Å². The molecule has 0 atom stereocenters. The predicted molar refractivity (Wildman–Crippen MR) is 32.8 cm³/mol. The Hall–Kier alpha value is -0.410. The van der Waals surface area contributed by atoms with E-state index in [1.165, 1.54) is 0 Å². The molecule has 0 aliphatic carbocycles. The van der Waals surface area contributed by atoms with Crippen LogP contribution in [0.3, 0.4) is 0 Å². The minimum absolute atomic E-state index is 0.628. The van der Waals surface area contributed by atoms with E-state index in [1.807, 2.05) is 5.38 Å². The first kappa shape index (κ1) is 5.72. The number of hydrogen-bond donors (Lipinski definition) is 0. The molecule has 1 rings (SSSR count). The Morgan fingerprint density at radius 2 is 2.75 bits per heavy atom. The first-order chi connectivity index (χ1) is 3.93. The molecule has 0 fully saturated rings. The molecule has 44 valence electrons. The van der Waals surface area contributed by atoms with Crippen molar-refractivity contribution in [1.29, 1.82) is 0 Å². The van der Waals surface area contributed by atoms with Gasteiger partial charge in [-0.2, -0.15) is 0 Å². The molecule has 0 radical (unpaired) electrons. The van der Waals surface area contributed by atoms with E-state index >= 15 is 0 Å². The van der Waals surface area contributed by atoms with Gasteiger partial charge in [0.1, 0.15) is 0 Å². The lowest BCUT2D eigenvalue weighted by Gasteiger charge is -1.88. The largest absolute Gasteiger partial charge is 0.378 e. The van der Waals surface area contributed by atoms with Crippen molar-refractivity contribution in [3.05, 3.63) is 16.6 Å². The molecule has 8 heavy (non-hydrogen) atoms. The minimum Gasteiger partial charge on any atom is -0.378 e. The standard InChI is InChI=1S/C5H7NOS/c1-7-2-5-3-8-4-6-5/h3-4H,2H2,1H3. The van der Waals surface area contributed by atoms with Gasteiger partial charge >= 0.3 is 0 Å². The average molecular weight is 129 g/mol. The molecule has 0 amide bonds. The van der Waals surface area contributed by atoms with E-state index in [-0.39, 0.29) is 0 Å². The molecular weight excluding hydrogens is 122 g/mol. The second-order valence-corrected chi connectivity index (χ2v) is 2.13. The zero-order valence-corrected chi connectivity index (χ0v) is 5.44. The van der Waals surface area contributed by atoms with Crippen LogP contribution in [-0.2, 0) is 11.3 Å². The third kappa shape index (κ3) is 1.28. The highest BCUT2D eigenvalue weighted by Gasteiger charge is 1.88. The van der Waals surface area contributed by atoms with E-state index in [9.17, 15) is 0 Å². The van der Waals surface area contributed by atoms with Crippen molar-refractivity contribution in [3.8, 4) is 0 Å². The summed E-state index contributed by atoms with van der Waals surface area (Å²) < 4.78 is 4.83. The van der Waals surface area contributed by atoms with Crippen LogP contribution >= 0.6 is 11.3 Å². The van der Waals surface area contributed by atoms with Gasteiger partial charge in [-0.3, -0.25) is 0 Å². The summed E-state index contributed by atoms with van der Waals surface area (Å²) >= 11 is 1.59. The lowest BCUT2D eigenvalue weighted by atomic mass is 10.5. The molecule has 0 N–H and O–H groups in total. The van der Waals surface area contributed by atoms with Crippen molar-refractivity contribution < 1.29 is 4.74 Å². The molecular formula is C5H7NOS. The molecule has 0 bridgehead atoms. The second-order valence-electron chi connectivity index (χ2n) is 1.41. The molecule has 0 aliphatic rings. The Bertz CT molecular complexity index is 138. The van der Waals surface area contributed by atoms with Crippen LogP contribution in [0.2, 0.25) is 0 Å². The number of ether oxygens (including phenoxy) is 1. The fraction of sp³-hybridized carbons (Fsp3) is 0.400. The lowest BCUT2D eigenvalue weighted by molar-refractivity contribution is 0.182. The molecule has 1 heterocycles. The normalized spacial score (nSPS) is 9.62. The van der Waals surface area contributed by atoms with E-state index < -0.39 is 0 Å². The molecule has 0 saturated carbocycles. The molecule has 0 saturated heterocycles. The number of methoxy groups -OCH3 is 1. The Morgan fingerprint density at radius 3 is 3.25 bits per heavy atom.